The van der Waals surface area contributed by atoms with Gasteiger partial charge >= 0.3 is 0 Å². The van der Waals surface area contributed by atoms with Crippen LogP contribution in [0.5, 0.6) is 5.75 Å². The average Bonchev–Trinajstić information content (AvgIpc) is 3.11. The Morgan fingerprint density at radius 2 is 2.11 bits per heavy atom. The van der Waals surface area contributed by atoms with Crippen LogP contribution in [0.25, 0.3) is 11.0 Å². The van der Waals surface area contributed by atoms with Crippen LogP contribution >= 0.6 is 0 Å². The lowest BCUT2D eigenvalue weighted by Gasteiger charge is -2.28. The number of imidazole rings is 1. The molecular formula is C14H19N3O. The van der Waals surface area contributed by atoms with Crippen molar-refractivity contribution in [1.82, 2.24) is 9.55 Å². The summed E-state index contributed by atoms with van der Waals surface area (Å²) >= 11 is 0. The van der Waals surface area contributed by atoms with Crippen LogP contribution < -0.4 is 10.5 Å². The van der Waals surface area contributed by atoms with Crippen molar-refractivity contribution in [1.29, 1.82) is 0 Å². The van der Waals surface area contributed by atoms with Crippen molar-refractivity contribution in [2.24, 2.45) is 5.92 Å². The van der Waals surface area contributed by atoms with E-state index in [1.165, 1.54) is 12.8 Å². The smallest absolute Gasteiger partial charge is 0.201 e. The predicted molar refractivity (Wildman–Crippen MR) is 72.7 cm³/mol. The van der Waals surface area contributed by atoms with Crippen molar-refractivity contribution in [2.45, 2.75) is 32.2 Å². The van der Waals surface area contributed by atoms with Gasteiger partial charge in [-0.1, -0.05) is 0 Å². The summed E-state index contributed by atoms with van der Waals surface area (Å²) in [6, 6.07) is 5.94. The zero-order valence-electron chi connectivity index (χ0n) is 11.1. The Bertz CT molecular complexity index is 596. The Hall–Kier alpha value is -1.71. The summed E-state index contributed by atoms with van der Waals surface area (Å²) in [4.78, 5) is 4.46. The lowest BCUT2D eigenvalue weighted by molar-refractivity contribution is 0.318. The molecule has 4 nitrogen and oxygen atoms in total. The topological polar surface area (TPSA) is 53.1 Å². The molecule has 18 heavy (non-hydrogen) atoms. The van der Waals surface area contributed by atoms with E-state index in [2.05, 4.69) is 23.4 Å². The zero-order chi connectivity index (χ0) is 12.9. The Kier molecular flexibility index (Phi) is 2.30. The third-order valence-electron chi connectivity index (χ3n) is 4.04. The maximum absolute atomic E-state index is 6.11. The SMILES string of the molecule is COc1ccc2c(c1)nc(N)n2C(C)(C)C1CC1. The van der Waals surface area contributed by atoms with Gasteiger partial charge in [0, 0.05) is 11.6 Å². The molecule has 0 amide bonds. The molecule has 0 saturated heterocycles. The highest BCUT2D eigenvalue weighted by molar-refractivity contribution is 5.80. The summed E-state index contributed by atoms with van der Waals surface area (Å²) in [5.74, 6) is 2.12. The number of hydrogen-bond donors (Lipinski definition) is 1. The normalized spacial score (nSPS) is 16.2. The highest BCUT2D eigenvalue weighted by Crippen LogP contribution is 2.46. The molecule has 0 aliphatic heterocycles. The van der Waals surface area contributed by atoms with Gasteiger partial charge in [-0.15, -0.1) is 0 Å². The summed E-state index contributed by atoms with van der Waals surface area (Å²) in [5, 5.41) is 0. The van der Waals surface area contributed by atoms with Gasteiger partial charge in [0.1, 0.15) is 5.75 Å². The van der Waals surface area contributed by atoms with Crippen molar-refractivity contribution in [3.63, 3.8) is 0 Å². The third kappa shape index (κ3) is 1.55. The molecule has 1 aromatic heterocycles. The summed E-state index contributed by atoms with van der Waals surface area (Å²) in [7, 11) is 1.66. The van der Waals surface area contributed by atoms with E-state index in [1.807, 2.05) is 18.2 Å². The first kappa shape index (κ1) is 11.4. The van der Waals surface area contributed by atoms with Crippen molar-refractivity contribution >= 4 is 17.0 Å². The highest BCUT2D eigenvalue weighted by atomic mass is 16.5. The second-order valence-electron chi connectivity index (χ2n) is 5.59. The molecule has 1 fully saturated rings. The number of ether oxygens (including phenoxy) is 1. The molecule has 1 saturated carbocycles. The van der Waals surface area contributed by atoms with Crippen molar-refractivity contribution in [3.05, 3.63) is 18.2 Å². The summed E-state index contributed by atoms with van der Waals surface area (Å²) < 4.78 is 7.39. The van der Waals surface area contributed by atoms with Crippen LogP contribution in [0, 0.1) is 5.92 Å². The van der Waals surface area contributed by atoms with Gasteiger partial charge < -0.3 is 15.0 Å². The van der Waals surface area contributed by atoms with Crippen LogP contribution in [0.4, 0.5) is 5.95 Å². The minimum atomic E-state index is 0.0351. The fourth-order valence-corrected chi connectivity index (χ4v) is 2.78. The van der Waals surface area contributed by atoms with E-state index in [4.69, 9.17) is 10.5 Å². The average molecular weight is 245 g/mol. The first-order valence-electron chi connectivity index (χ1n) is 6.36. The highest BCUT2D eigenvalue weighted by Gasteiger charge is 2.40. The van der Waals surface area contributed by atoms with Gasteiger partial charge in [-0.25, -0.2) is 4.98 Å². The standard InChI is InChI=1S/C14H19N3O/c1-14(2,9-4-5-9)17-12-7-6-10(18-3)8-11(12)16-13(17)15/h6-9H,4-5H2,1-3H3,(H2,15,16). The number of methoxy groups -OCH3 is 1. The molecule has 0 radical (unpaired) electrons. The summed E-state index contributed by atoms with van der Waals surface area (Å²) in [5.41, 5.74) is 8.13. The molecule has 1 aliphatic rings. The monoisotopic (exact) mass is 245 g/mol. The number of nitrogen functional groups attached to an aromatic ring is 1. The van der Waals surface area contributed by atoms with E-state index >= 15 is 0 Å². The van der Waals surface area contributed by atoms with Gasteiger partial charge in [0.25, 0.3) is 0 Å². The molecule has 0 atom stereocenters. The number of fused-ring (bicyclic) bond motifs is 1. The number of rotatable bonds is 3. The van der Waals surface area contributed by atoms with Gasteiger partial charge in [0.15, 0.2) is 0 Å². The Labute approximate surface area is 107 Å². The second-order valence-corrected chi connectivity index (χ2v) is 5.59. The van der Waals surface area contributed by atoms with E-state index in [1.54, 1.807) is 7.11 Å². The van der Waals surface area contributed by atoms with Crippen molar-refractivity contribution in [3.8, 4) is 5.75 Å². The van der Waals surface area contributed by atoms with Gasteiger partial charge in [-0.2, -0.15) is 0 Å². The quantitative estimate of drug-likeness (QED) is 0.904. The van der Waals surface area contributed by atoms with Crippen LogP contribution in [0.3, 0.4) is 0 Å². The maximum Gasteiger partial charge on any atom is 0.201 e. The van der Waals surface area contributed by atoms with Crippen molar-refractivity contribution in [2.75, 3.05) is 12.8 Å². The molecule has 1 heterocycles. The van der Waals surface area contributed by atoms with Gasteiger partial charge in [0.05, 0.1) is 18.1 Å². The molecule has 4 heteroatoms. The number of hydrogen-bond acceptors (Lipinski definition) is 3. The molecule has 2 aromatic rings. The van der Waals surface area contributed by atoms with E-state index in [9.17, 15) is 0 Å². The first-order chi connectivity index (χ1) is 8.54. The van der Waals surface area contributed by atoms with Gasteiger partial charge in [0.2, 0.25) is 5.95 Å². The van der Waals surface area contributed by atoms with Crippen LogP contribution in [0.2, 0.25) is 0 Å². The van der Waals surface area contributed by atoms with E-state index in [0.717, 1.165) is 16.8 Å². The molecule has 0 unspecified atom stereocenters. The second kappa shape index (κ2) is 3.64. The minimum Gasteiger partial charge on any atom is -0.497 e. The largest absolute Gasteiger partial charge is 0.497 e. The van der Waals surface area contributed by atoms with E-state index in [0.29, 0.717) is 11.9 Å². The van der Waals surface area contributed by atoms with Crippen LogP contribution in [-0.2, 0) is 5.54 Å². The Morgan fingerprint density at radius 3 is 2.72 bits per heavy atom. The van der Waals surface area contributed by atoms with E-state index < -0.39 is 0 Å². The van der Waals surface area contributed by atoms with Gasteiger partial charge in [-0.3, -0.25) is 0 Å². The lowest BCUT2D eigenvalue weighted by Crippen LogP contribution is -2.29. The molecule has 1 aromatic carbocycles. The molecule has 96 valence electrons. The number of benzene rings is 1. The minimum absolute atomic E-state index is 0.0351. The molecule has 3 rings (SSSR count). The number of nitrogens with two attached hydrogens (primary N) is 1. The molecule has 1 aliphatic carbocycles. The zero-order valence-corrected chi connectivity index (χ0v) is 11.1. The summed E-state index contributed by atoms with van der Waals surface area (Å²) in [6.45, 7) is 4.48. The Morgan fingerprint density at radius 1 is 1.39 bits per heavy atom. The summed E-state index contributed by atoms with van der Waals surface area (Å²) in [6.07, 6.45) is 2.56. The predicted octanol–water partition coefficient (Wildman–Crippen LogP) is 2.77. The lowest BCUT2D eigenvalue weighted by atomic mass is 9.98. The Balaban J connectivity index is 2.19. The molecule has 0 bridgehead atoms. The van der Waals surface area contributed by atoms with Crippen LogP contribution in [-0.4, -0.2) is 16.7 Å². The number of aromatic nitrogens is 2. The maximum atomic E-state index is 6.11. The number of anilines is 1. The first-order valence-corrected chi connectivity index (χ1v) is 6.36. The molecule has 2 N–H and O–H groups in total. The number of nitrogens with zero attached hydrogens (tertiary/aromatic N) is 2. The van der Waals surface area contributed by atoms with Crippen molar-refractivity contribution < 1.29 is 4.74 Å². The van der Waals surface area contributed by atoms with Gasteiger partial charge in [-0.05, 0) is 44.7 Å². The van der Waals surface area contributed by atoms with Crippen LogP contribution in [0.15, 0.2) is 18.2 Å². The fraction of sp³-hybridized carbons (Fsp3) is 0.500. The molecule has 0 spiro atoms. The third-order valence-corrected chi connectivity index (χ3v) is 4.04. The van der Waals surface area contributed by atoms with E-state index in [-0.39, 0.29) is 5.54 Å². The van der Waals surface area contributed by atoms with Crippen LogP contribution in [0.1, 0.15) is 26.7 Å². The fourth-order valence-electron chi connectivity index (χ4n) is 2.78. The molecular weight excluding hydrogens is 226 g/mol.